The molecule has 2 amide bonds. The van der Waals surface area contributed by atoms with Crippen LogP contribution in [0.25, 0.3) is 6.08 Å². The molecule has 2 N–H and O–H groups in total. The van der Waals surface area contributed by atoms with Gasteiger partial charge in [0.2, 0.25) is 11.8 Å². The standard InChI is InChI=1S/C24H25N3O3S/c1-3-19-8-4-5-10-22(19)27-24(29)14-25-23(28)12-11-18-7-6-9-21(13-18)30-15-20-16-31-17(2)26-20/h4-13,16H,3,14-15H2,1-2H3,(H,25,28)(H,27,29). The lowest BCUT2D eigenvalue weighted by Crippen LogP contribution is -2.31. The van der Waals surface area contributed by atoms with Gasteiger partial charge in [0.15, 0.2) is 0 Å². The van der Waals surface area contributed by atoms with Gasteiger partial charge in [-0.3, -0.25) is 9.59 Å². The zero-order valence-electron chi connectivity index (χ0n) is 17.6. The van der Waals surface area contributed by atoms with E-state index in [0.717, 1.165) is 33.9 Å². The maximum atomic E-state index is 12.1. The molecule has 160 valence electrons. The molecule has 0 spiro atoms. The Morgan fingerprint density at radius 3 is 2.77 bits per heavy atom. The van der Waals surface area contributed by atoms with Gasteiger partial charge in [-0.15, -0.1) is 11.3 Å². The first kappa shape index (κ1) is 22.2. The van der Waals surface area contributed by atoms with Gasteiger partial charge in [0.05, 0.1) is 17.2 Å². The molecule has 0 radical (unpaired) electrons. The Balaban J connectivity index is 1.47. The summed E-state index contributed by atoms with van der Waals surface area (Å²) < 4.78 is 5.76. The molecule has 0 fully saturated rings. The number of thiazole rings is 1. The lowest BCUT2D eigenvalue weighted by molar-refractivity contribution is -0.121. The Bertz CT molecular complexity index is 1080. The van der Waals surface area contributed by atoms with E-state index >= 15 is 0 Å². The van der Waals surface area contributed by atoms with E-state index in [2.05, 4.69) is 15.6 Å². The zero-order valence-corrected chi connectivity index (χ0v) is 18.4. The van der Waals surface area contributed by atoms with Crippen LogP contribution in [0.5, 0.6) is 5.75 Å². The summed E-state index contributed by atoms with van der Waals surface area (Å²) in [4.78, 5) is 28.6. The summed E-state index contributed by atoms with van der Waals surface area (Å²) in [5.74, 6) is 0.0840. The predicted molar refractivity (Wildman–Crippen MR) is 124 cm³/mol. The van der Waals surface area contributed by atoms with Crippen LogP contribution in [0, 0.1) is 6.92 Å². The third kappa shape index (κ3) is 7.08. The van der Waals surface area contributed by atoms with Crippen LogP contribution < -0.4 is 15.4 Å². The molecule has 2 aromatic carbocycles. The molecular weight excluding hydrogens is 410 g/mol. The van der Waals surface area contributed by atoms with Gasteiger partial charge in [0, 0.05) is 17.1 Å². The number of benzene rings is 2. The van der Waals surface area contributed by atoms with Gasteiger partial charge in [-0.25, -0.2) is 4.98 Å². The summed E-state index contributed by atoms with van der Waals surface area (Å²) in [6, 6.07) is 15.0. The largest absolute Gasteiger partial charge is 0.487 e. The average Bonchev–Trinajstić information content (AvgIpc) is 3.20. The maximum absolute atomic E-state index is 12.1. The second-order valence-corrected chi connectivity index (χ2v) is 7.89. The molecule has 3 rings (SSSR count). The molecule has 0 aliphatic heterocycles. The molecule has 0 aliphatic carbocycles. The van der Waals surface area contributed by atoms with Crippen LogP contribution in [0.4, 0.5) is 5.69 Å². The number of aryl methyl sites for hydroxylation is 2. The molecule has 1 heterocycles. The van der Waals surface area contributed by atoms with Crippen LogP contribution in [-0.4, -0.2) is 23.3 Å². The highest BCUT2D eigenvalue weighted by molar-refractivity contribution is 7.09. The van der Waals surface area contributed by atoms with Crippen LogP contribution in [0.2, 0.25) is 0 Å². The van der Waals surface area contributed by atoms with Crippen molar-refractivity contribution < 1.29 is 14.3 Å². The molecule has 0 saturated carbocycles. The number of hydrogen-bond donors (Lipinski definition) is 2. The van der Waals surface area contributed by atoms with Gasteiger partial charge >= 0.3 is 0 Å². The number of aromatic nitrogens is 1. The number of nitrogens with one attached hydrogen (secondary N) is 2. The molecule has 6 nitrogen and oxygen atoms in total. The number of amides is 2. The average molecular weight is 436 g/mol. The predicted octanol–water partition coefficient (Wildman–Crippen LogP) is 4.36. The summed E-state index contributed by atoms with van der Waals surface area (Å²) in [6.45, 7) is 4.28. The summed E-state index contributed by atoms with van der Waals surface area (Å²) >= 11 is 1.59. The van der Waals surface area contributed by atoms with Gasteiger partial charge in [0.25, 0.3) is 0 Å². The van der Waals surface area contributed by atoms with Crippen molar-refractivity contribution in [2.45, 2.75) is 26.9 Å². The Morgan fingerprint density at radius 1 is 1.16 bits per heavy atom. The van der Waals surface area contributed by atoms with Crippen LogP contribution >= 0.6 is 11.3 Å². The second-order valence-electron chi connectivity index (χ2n) is 6.83. The molecule has 1 aromatic heterocycles. The summed E-state index contributed by atoms with van der Waals surface area (Å²) in [6.07, 6.45) is 3.90. The van der Waals surface area contributed by atoms with Gasteiger partial charge < -0.3 is 15.4 Å². The number of hydrogen-bond acceptors (Lipinski definition) is 5. The minimum atomic E-state index is -0.344. The van der Waals surface area contributed by atoms with E-state index in [1.165, 1.54) is 6.08 Å². The van der Waals surface area contributed by atoms with Gasteiger partial charge in [0.1, 0.15) is 12.4 Å². The van der Waals surface area contributed by atoms with E-state index in [9.17, 15) is 9.59 Å². The van der Waals surface area contributed by atoms with Crippen LogP contribution in [0.1, 0.15) is 28.8 Å². The van der Waals surface area contributed by atoms with Crippen LogP contribution in [0.3, 0.4) is 0 Å². The van der Waals surface area contributed by atoms with Crippen molar-refractivity contribution in [2.75, 3.05) is 11.9 Å². The lowest BCUT2D eigenvalue weighted by Gasteiger charge is -2.09. The SMILES string of the molecule is CCc1ccccc1NC(=O)CNC(=O)C=Cc1cccc(OCc2csc(C)n2)c1. The number of rotatable bonds is 9. The van der Waals surface area contributed by atoms with Gasteiger partial charge in [-0.05, 0) is 48.7 Å². The van der Waals surface area contributed by atoms with E-state index in [1.54, 1.807) is 17.4 Å². The highest BCUT2D eigenvalue weighted by Gasteiger charge is 2.07. The number of para-hydroxylation sites is 1. The highest BCUT2D eigenvalue weighted by atomic mass is 32.1. The van der Waals surface area contributed by atoms with Crippen molar-refractivity contribution in [2.24, 2.45) is 0 Å². The Kier molecular flexibility index (Phi) is 7.95. The monoisotopic (exact) mass is 435 g/mol. The molecular formula is C24H25N3O3S. The Morgan fingerprint density at radius 2 is 2.00 bits per heavy atom. The van der Waals surface area contributed by atoms with Crippen molar-refractivity contribution in [1.82, 2.24) is 10.3 Å². The Hall–Kier alpha value is -3.45. The van der Waals surface area contributed by atoms with E-state index in [1.807, 2.05) is 67.8 Å². The summed E-state index contributed by atoms with van der Waals surface area (Å²) in [5.41, 5.74) is 3.53. The topological polar surface area (TPSA) is 80.3 Å². The molecule has 7 heteroatoms. The fourth-order valence-corrected chi connectivity index (χ4v) is 3.48. The first-order valence-corrected chi connectivity index (χ1v) is 10.9. The van der Waals surface area contributed by atoms with Crippen molar-refractivity contribution in [1.29, 1.82) is 0 Å². The highest BCUT2D eigenvalue weighted by Crippen LogP contribution is 2.17. The molecule has 0 saturated heterocycles. The normalized spacial score (nSPS) is 10.8. The molecule has 0 aliphatic rings. The van der Waals surface area contributed by atoms with Gasteiger partial charge in [-0.2, -0.15) is 0 Å². The third-order valence-electron chi connectivity index (χ3n) is 4.43. The number of anilines is 1. The molecule has 0 unspecified atom stereocenters. The first-order valence-electron chi connectivity index (χ1n) is 10.0. The summed E-state index contributed by atoms with van der Waals surface area (Å²) in [7, 11) is 0. The number of carbonyl (C=O) groups excluding carboxylic acids is 2. The fraction of sp³-hybridized carbons (Fsp3) is 0.208. The fourth-order valence-electron chi connectivity index (χ4n) is 2.88. The lowest BCUT2D eigenvalue weighted by atomic mass is 10.1. The molecule has 0 bridgehead atoms. The quantitative estimate of drug-likeness (QED) is 0.490. The smallest absolute Gasteiger partial charge is 0.244 e. The van der Waals surface area contributed by atoms with Crippen molar-refractivity contribution in [3.05, 3.63) is 81.8 Å². The van der Waals surface area contributed by atoms with E-state index in [4.69, 9.17) is 4.74 Å². The second kappa shape index (κ2) is 11.1. The zero-order chi connectivity index (χ0) is 22.1. The molecule has 31 heavy (non-hydrogen) atoms. The number of ether oxygens (including phenoxy) is 1. The minimum Gasteiger partial charge on any atom is -0.487 e. The molecule has 0 atom stereocenters. The van der Waals surface area contributed by atoms with Gasteiger partial charge in [-0.1, -0.05) is 37.3 Å². The number of nitrogens with zero attached hydrogens (tertiary/aromatic N) is 1. The van der Waals surface area contributed by atoms with E-state index in [0.29, 0.717) is 12.4 Å². The van der Waals surface area contributed by atoms with Crippen LogP contribution in [-0.2, 0) is 22.6 Å². The van der Waals surface area contributed by atoms with Crippen molar-refractivity contribution >= 4 is 34.9 Å². The third-order valence-corrected chi connectivity index (χ3v) is 5.26. The van der Waals surface area contributed by atoms with E-state index < -0.39 is 0 Å². The van der Waals surface area contributed by atoms with E-state index in [-0.39, 0.29) is 18.4 Å². The minimum absolute atomic E-state index is 0.0998. The van der Waals surface area contributed by atoms with Crippen LogP contribution in [0.15, 0.2) is 60.0 Å². The first-order chi connectivity index (χ1) is 15.0. The van der Waals surface area contributed by atoms with Crippen molar-refractivity contribution in [3.8, 4) is 5.75 Å². The number of carbonyl (C=O) groups is 2. The molecule has 3 aromatic rings. The summed E-state index contributed by atoms with van der Waals surface area (Å²) in [5, 5.41) is 8.40. The Labute approximate surface area is 186 Å². The maximum Gasteiger partial charge on any atom is 0.244 e. The van der Waals surface area contributed by atoms with Crippen molar-refractivity contribution in [3.63, 3.8) is 0 Å².